The average Bonchev–Trinajstić information content (AvgIpc) is 2.78. The summed E-state index contributed by atoms with van der Waals surface area (Å²) in [7, 11) is 0. The van der Waals surface area contributed by atoms with E-state index >= 15 is 0 Å². The summed E-state index contributed by atoms with van der Waals surface area (Å²) < 4.78 is 5.42. The van der Waals surface area contributed by atoms with Crippen LogP contribution in [0, 0.1) is 11.3 Å². The van der Waals surface area contributed by atoms with Crippen LogP contribution in [0.25, 0.3) is 0 Å². The van der Waals surface area contributed by atoms with E-state index in [2.05, 4.69) is 28.8 Å². The van der Waals surface area contributed by atoms with Gasteiger partial charge in [-0.25, -0.2) is 4.79 Å². The summed E-state index contributed by atoms with van der Waals surface area (Å²) >= 11 is 0. The van der Waals surface area contributed by atoms with Crippen molar-refractivity contribution >= 4 is 12.0 Å². The number of fused-ring (bicyclic) bond motifs is 1. The van der Waals surface area contributed by atoms with Crippen LogP contribution in [0.2, 0.25) is 0 Å². The highest BCUT2D eigenvalue weighted by Gasteiger charge is 2.26. The lowest BCUT2D eigenvalue weighted by Gasteiger charge is -2.33. The minimum Gasteiger partial charge on any atom is -0.444 e. The summed E-state index contributed by atoms with van der Waals surface area (Å²) in [5.74, 6) is -0.388. The van der Waals surface area contributed by atoms with Crippen molar-refractivity contribution in [1.29, 1.82) is 5.26 Å². The number of likely N-dealkylation sites (tertiary alicyclic amines) is 1. The van der Waals surface area contributed by atoms with Gasteiger partial charge in [0.2, 0.25) is 0 Å². The largest absolute Gasteiger partial charge is 0.444 e. The molecule has 7 heteroatoms. The standard InChI is InChI=1S/C26H36N4O3/c1-18(20-10-9-19-7-5-6-8-21(19)15-20)29-24(31)22(16-27)17-28-23-11-13-30(14-12-23)25(32)33-26(2,3)4/h9-10,15,17-18,23,28H,5-8,11-14H2,1-4H3,(H,29,31)/b22-17-. The lowest BCUT2D eigenvalue weighted by Crippen LogP contribution is -2.45. The normalized spacial score (nSPS) is 18.0. The summed E-state index contributed by atoms with van der Waals surface area (Å²) in [5.41, 5.74) is 3.37. The number of piperidine rings is 1. The number of aryl methyl sites for hydroxylation is 2. The Morgan fingerprint density at radius 2 is 1.85 bits per heavy atom. The number of amides is 2. The van der Waals surface area contributed by atoms with Crippen molar-refractivity contribution < 1.29 is 14.3 Å². The van der Waals surface area contributed by atoms with Crippen LogP contribution in [0.3, 0.4) is 0 Å². The molecule has 0 aromatic heterocycles. The van der Waals surface area contributed by atoms with Crippen LogP contribution >= 0.6 is 0 Å². The van der Waals surface area contributed by atoms with Gasteiger partial charge in [0.1, 0.15) is 17.2 Å². The van der Waals surface area contributed by atoms with Gasteiger partial charge in [-0.3, -0.25) is 4.79 Å². The summed E-state index contributed by atoms with van der Waals surface area (Å²) in [6, 6.07) is 8.34. The van der Waals surface area contributed by atoms with Crippen molar-refractivity contribution in [1.82, 2.24) is 15.5 Å². The molecule has 1 fully saturated rings. The fourth-order valence-corrected chi connectivity index (χ4v) is 4.29. The van der Waals surface area contributed by atoms with Gasteiger partial charge in [0.25, 0.3) is 5.91 Å². The zero-order chi connectivity index (χ0) is 24.0. The predicted molar refractivity (Wildman–Crippen MR) is 127 cm³/mol. The second kappa shape index (κ2) is 10.7. The van der Waals surface area contributed by atoms with Crippen LogP contribution in [-0.2, 0) is 22.4 Å². The quantitative estimate of drug-likeness (QED) is 0.517. The number of nitrogens with one attached hydrogen (secondary N) is 2. The van der Waals surface area contributed by atoms with E-state index in [9.17, 15) is 14.9 Å². The number of hydrogen-bond donors (Lipinski definition) is 2. The van der Waals surface area contributed by atoms with E-state index in [0.29, 0.717) is 13.1 Å². The molecule has 0 saturated carbocycles. The monoisotopic (exact) mass is 452 g/mol. The minimum absolute atomic E-state index is 0.0504. The van der Waals surface area contributed by atoms with Gasteiger partial charge in [0.05, 0.1) is 6.04 Å². The fourth-order valence-electron chi connectivity index (χ4n) is 4.29. The van der Waals surface area contributed by atoms with E-state index in [0.717, 1.165) is 31.2 Å². The highest BCUT2D eigenvalue weighted by molar-refractivity contribution is 5.97. The Hall–Kier alpha value is -3.01. The summed E-state index contributed by atoms with van der Waals surface area (Å²) in [6.45, 7) is 8.64. The molecule has 1 aromatic carbocycles. The molecular weight excluding hydrogens is 416 g/mol. The van der Waals surface area contributed by atoms with Crippen molar-refractivity contribution in [2.45, 2.75) is 83.9 Å². The van der Waals surface area contributed by atoms with Gasteiger partial charge >= 0.3 is 6.09 Å². The molecule has 1 aliphatic carbocycles. The first-order chi connectivity index (χ1) is 15.7. The molecule has 0 bridgehead atoms. The smallest absolute Gasteiger partial charge is 0.410 e. The summed E-state index contributed by atoms with van der Waals surface area (Å²) in [5, 5.41) is 15.6. The minimum atomic E-state index is -0.514. The number of rotatable bonds is 5. The van der Waals surface area contributed by atoms with Gasteiger partial charge < -0.3 is 20.3 Å². The third-order valence-electron chi connectivity index (χ3n) is 6.20. The Kier molecular flexibility index (Phi) is 8.01. The highest BCUT2D eigenvalue weighted by Crippen LogP contribution is 2.25. The molecule has 7 nitrogen and oxygen atoms in total. The van der Waals surface area contributed by atoms with Gasteiger partial charge in [-0.1, -0.05) is 18.2 Å². The lowest BCUT2D eigenvalue weighted by molar-refractivity contribution is -0.117. The third kappa shape index (κ3) is 6.98. The number of ether oxygens (including phenoxy) is 1. The number of benzene rings is 1. The molecule has 2 amide bonds. The first-order valence-corrected chi connectivity index (χ1v) is 11.9. The molecular formula is C26H36N4O3. The molecule has 1 unspecified atom stereocenters. The summed E-state index contributed by atoms with van der Waals surface area (Å²) in [6.07, 6.45) is 7.31. The first-order valence-electron chi connectivity index (χ1n) is 11.9. The van der Waals surface area contributed by atoms with E-state index in [-0.39, 0.29) is 29.7 Å². The maximum atomic E-state index is 12.7. The summed E-state index contributed by atoms with van der Waals surface area (Å²) in [4.78, 5) is 26.6. The van der Waals surface area contributed by atoms with E-state index in [4.69, 9.17) is 4.74 Å². The van der Waals surface area contributed by atoms with E-state index < -0.39 is 5.60 Å². The third-order valence-corrected chi connectivity index (χ3v) is 6.20. The molecule has 2 N–H and O–H groups in total. The number of hydrogen-bond acceptors (Lipinski definition) is 5. The number of carbonyl (C=O) groups is 2. The van der Waals surface area contributed by atoms with Gasteiger partial charge in [0.15, 0.2) is 0 Å². The van der Waals surface area contributed by atoms with Gasteiger partial charge in [-0.15, -0.1) is 0 Å². The molecule has 1 aliphatic heterocycles. The van der Waals surface area contributed by atoms with Crippen molar-refractivity contribution in [2.75, 3.05) is 13.1 Å². The van der Waals surface area contributed by atoms with Crippen LogP contribution in [0.1, 0.15) is 76.1 Å². The SMILES string of the molecule is CC(NC(=O)/C(C#N)=C\NC1CCN(C(=O)OC(C)(C)C)CC1)c1ccc2c(c1)CCCC2. The molecule has 0 radical (unpaired) electrons. The Bertz CT molecular complexity index is 934. The zero-order valence-corrected chi connectivity index (χ0v) is 20.2. The molecule has 1 atom stereocenters. The van der Waals surface area contributed by atoms with Crippen molar-refractivity contribution in [3.8, 4) is 6.07 Å². The van der Waals surface area contributed by atoms with Crippen molar-refractivity contribution in [3.63, 3.8) is 0 Å². The molecule has 1 heterocycles. The molecule has 2 aliphatic rings. The maximum absolute atomic E-state index is 12.7. The van der Waals surface area contributed by atoms with Gasteiger partial charge in [-0.2, -0.15) is 5.26 Å². The number of nitriles is 1. The number of nitrogens with zero attached hydrogens (tertiary/aromatic N) is 2. The van der Waals surface area contributed by atoms with E-state index in [1.165, 1.54) is 30.2 Å². The molecule has 178 valence electrons. The van der Waals surface area contributed by atoms with Crippen LogP contribution in [0.4, 0.5) is 4.79 Å². The average molecular weight is 453 g/mol. The fraction of sp³-hybridized carbons (Fsp3) is 0.577. The van der Waals surface area contributed by atoms with Gasteiger partial charge in [0, 0.05) is 25.3 Å². The van der Waals surface area contributed by atoms with Crippen LogP contribution in [-0.4, -0.2) is 41.6 Å². The van der Waals surface area contributed by atoms with E-state index in [1.54, 1.807) is 4.90 Å². The topological polar surface area (TPSA) is 94.5 Å². The molecule has 1 saturated heterocycles. The molecule has 1 aromatic rings. The Morgan fingerprint density at radius 1 is 1.18 bits per heavy atom. The highest BCUT2D eigenvalue weighted by atomic mass is 16.6. The second-order valence-corrected chi connectivity index (χ2v) is 10.0. The van der Waals surface area contributed by atoms with Gasteiger partial charge in [-0.05, 0) is 82.9 Å². The second-order valence-electron chi connectivity index (χ2n) is 10.0. The first kappa shape index (κ1) is 24.6. The van der Waals surface area contributed by atoms with Crippen molar-refractivity contribution in [3.05, 3.63) is 46.7 Å². The molecule has 3 rings (SSSR count). The van der Waals surface area contributed by atoms with Crippen LogP contribution in [0.5, 0.6) is 0 Å². The predicted octanol–water partition coefficient (Wildman–Crippen LogP) is 4.14. The molecule has 33 heavy (non-hydrogen) atoms. The lowest BCUT2D eigenvalue weighted by atomic mass is 9.89. The van der Waals surface area contributed by atoms with Crippen molar-refractivity contribution in [2.24, 2.45) is 0 Å². The van der Waals surface area contributed by atoms with Crippen LogP contribution in [0.15, 0.2) is 30.0 Å². The van der Waals surface area contributed by atoms with Crippen LogP contribution < -0.4 is 10.6 Å². The Balaban J connectivity index is 1.51. The zero-order valence-electron chi connectivity index (χ0n) is 20.2. The Morgan fingerprint density at radius 3 is 2.48 bits per heavy atom. The molecule has 0 spiro atoms. The Labute approximate surface area is 197 Å². The number of carbonyl (C=O) groups excluding carboxylic acids is 2. The van der Waals surface area contributed by atoms with E-state index in [1.807, 2.05) is 33.8 Å². The maximum Gasteiger partial charge on any atom is 0.410 e.